The molecule has 2 saturated carbocycles. The van der Waals surface area contributed by atoms with Crippen molar-refractivity contribution in [2.45, 2.75) is 32.2 Å². The average molecular weight is 276 g/mol. The molecule has 2 aliphatic carbocycles. The highest BCUT2D eigenvalue weighted by Crippen LogP contribution is 2.50. The minimum atomic E-state index is 0.606. The number of imidazole rings is 1. The zero-order valence-electron chi connectivity index (χ0n) is 10.8. The van der Waals surface area contributed by atoms with Crippen molar-refractivity contribution >= 4 is 28.6 Å². The molecular formula is C15H18ClN3. The fourth-order valence-corrected chi connectivity index (χ4v) is 3.56. The SMILES string of the molecule is Nc1nc2cccc(Cl)c2n1CC(C1CC1)C1CC1. The number of hydrogen-bond donors (Lipinski definition) is 1. The van der Waals surface area contributed by atoms with E-state index in [9.17, 15) is 0 Å². The lowest BCUT2D eigenvalue weighted by Crippen LogP contribution is -2.16. The van der Waals surface area contributed by atoms with Gasteiger partial charge in [-0.25, -0.2) is 4.98 Å². The maximum absolute atomic E-state index is 6.33. The van der Waals surface area contributed by atoms with Crippen LogP contribution in [0.2, 0.25) is 5.02 Å². The molecule has 1 heterocycles. The van der Waals surface area contributed by atoms with Crippen molar-refractivity contribution in [2.75, 3.05) is 5.73 Å². The molecule has 4 rings (SSSR count). The Morgan fingerprint density at radius 1 is 1.26 bits per heavy atom. The topological polar surface area (TPSA) is 43.8 Å². The summed E-state index contributed by atoms with van der Waals surface area (Å²) in [5.74, 6) is 3.20. The Morgan fingerprint density at radius 2 is 1.95 bits per heavy atom. The first-order valence-corrected chi connectivity index (χ1v) is 7.52. The van der Waals surface area contributed by atoms with Crippen molar-refractivity contribution in [1.29, 1.82) is 0 Å². The first-order valence-electron chi connectivity index (χ1n) is 7.14. The number of benzene rings is 1. The Kier molecular flexibility index (Phi) is 2.52. The summed E-state index contributed by atoms with van der Waals surface area (Å²) in [6, 6.07) is 5.84. The predicted octanol–water partition coefficient (Wildman–Crippen LogP) is 3.71. The molecular weight excluding hydrogens is 258 g/mol. The highest BCUT2D eigenvalue weighted by Gasteiger charge is 2.41. The van der Waals surface area contributed by atoms with Crippen LogP contribution >= 0.6 is 11.6 Å². The van der Waals surface area contributed by atoms with Crippen LogP contribution in [0, 0.1) is 17.8 Å². The van der Waals surface area contributed by atoms with Gasteiger partial charge in [-0.3, -0.25) is 0 Å². The van der Waals surface area contributed by atoms with Gasteiger partial charge in [0.15, 0.2) is 0 Å². The molecule has 19 heavy (non-hydrogen) atoms. The number of nitrogens with zero attached hydrogens (tertiary/aromatic N) is 2. The summed E-state index contributed by atoms with van der Waals surface area (Å²) in [6.07, 6.45) is 5.56. The molecule has 0 spiro atoms. The number of para-hydroxylation sites is 1. The molecule has 0 radical (unpaired) electrons. The molecule has 0 unspecified atom stereocenters. The van der Waals surface area contributed by atoms with E-state index in [2.05, 4.69) is 9.55 Å². The zero-order chi connectivity index (χ0) is 13.0. The quantitative estimate of drug-likeness (QED) is 0.924. The van der Waals surface area contributed by atoms with Gasteiger partial charge in [-0.2, -0.15) is 0 Å². The molecule has 3 nitrogen and oxygen atoms in total. The fourth-order valence-electron chi connectivity index (χ4n) is 3.29. The van der Waals surface area contributed by atoms with E-state index in [1.807, 2.05) is 18.2 Å². The van der Waals surface area contributed by atoms with Crippen LogP contribution in [0.4, 0.5) is 5.95 Å². The summed E-state index contributed by atoms with van der Waals surface area (Å²) in [4.78, 5) is 4.44. The summed E-state index contributed by atoms with van der Waals surface area (Å²) in [7, 11) is 0. The number of fused-ring (bicyclic) bond motifs is 1. The van der Waals surface area contributed by atoms with Gasteiger partial charge in [0.1, 0.15) is 0 Å². The van der Waals surface area contributed by atoms with Crippen LogP contribution in [-0.2, 0) is 6.54 Å². The third-order valence-electron chi connectivity index (χ3n) is 4.60. The van der Waals surface area contributed by atoms with Crippen molar-refractivity contribution in [3.8, 4) is 0 Å². The van der Waals surface area contributed by atoms with E-state index in [1.165, 1.54) is 25.7 Å². The lowest BCUT2D eigenvalue weighted by Gasteiger charge is -2.18. The summed E-state index contributed by atoms with van der Waals surface area (Å²) in [6.45, 7) is 0.988. The van der Waals surface area contributed by atoms with Crippen molar-refractivity contribution in [3.05, 3.63) is 23.2 Å². The molecule has 2 aliphatic rings. The fraction of sp³-hybridized carbons (Fsp3) is 0.533. The second kappa shape index (κ2) is 4.14. The lowest BCUT2D eigenvalue weighted by atomic mass is 9.98. The smallest absolute Gasteiger partial charge is 0.201 e. The lowest BCUT2D eigenvalue weighted by molar-refractivity contribution is 0.355. The van der Waals surface area contributed by atoms with Crippen molar-refractivity contribution in [1.82, 2.24) is 9.55 Å². The van der Waals surface area contributed by atoms with Crippen LogP contribution in [0.15, 0.2) is 18.2 Å². The number of hydrogen-bond acceptors (Lipinski definition) is 2. The minimum absolute atomic E-state index is 0.606. The molecule has 2 aromatic rings. The number of nitrogens with two attached hydrogens (primary N) is 1. The van der Waals surface area contributed by atoms with Gasteiger partial charge in [-0.05, 0) is 55.6 Å². The molecule has 0 amide bonds. The number of nitrogen functional groups attached to an aromatic ring is 1. The van der Waals surface area contributed by atoms with Crippen LogP contribution in [0.1, 0.15) is 25.7 Å². The van der Waals surface area contributed by atoms with E-state index in [0.29, 0.717) is 5.95 Å². The average Bonchev–Trinajstić information content (AvgIpc) is 3.25. The summed E-state index contributed by atoms with van der Waals surface area (Å²) < 4.78 is 2.14. The van der Waals surface area contributed by atoms with Crippen LogP contribution in [-0.4, -0.2) is 9.55 Å². The minimum Gasteiger partial charge on any atom is -0.369 e. The largest absolute Gasteiger partial charge is 0.369 e. The Labute approximate surface area is 117 Å². The Hall–Kier alpha value is -1.22. The Balaban J connectivity index is 1.75. The Bertz CT molecular complexity index is 614. The van der Waals surface area contributed by atoms with Gasteiger partial charge in [0.05, 0.1) is 16.1 Å². The van der Waals surface area contributed by atoms with Crippen LogP contribution < -0.4 is 5.73 Å². The molecule has 1 aromatic heterocycles. The molecule has 0 aliphatic heterocycles. The molecule has 2 N–H and O–H groups in total. The van der Waals surface area contributed by atoms with Gasteiger partial charge in [-0.15, -0.1) is 0 Å². The van der Waals surface area contributed by atoms with Gasteiger partial charge in [0.25, 0.3) is 0 Å². The first-order chi connectivity index (χ1) is 9.24. The highest BCUT2D eigenvalue weighted by molar-refractivity contribution is 6.35. The molecule has 1 aromatic carbocycles. The second-order valence-electron chi connectivity index (χ2n) is 6.03. The van der Waals surface area contributed by atoms with E-state index in [0.717, 1.165) is 40.4 Å². The van der Waals surface area contributed by atoms with E-state index < -0.39 is 0 Å². The summed E-state index contributed by atoms with van der Waals surface area (Å²) >= 11 is 6.33. The summed E-state index contributed by atoms with van der Waals surface area (Å²) in [5, 5.41) is 0.757. The number of anilines is 1. The molecule has 0 bridgehead atoms. The molecule has 100 valence electrons. The zero-order valence-corrected chi connectivity index (χ0v) is 11.6. The van der Waals surface area contributed by atoms with Crippen LogP contribution in [0.5, 0.6) is 0 Å². The highest BCUT2D eigenvalue weighted by atomic mass is 35.5. The van der Waals surface area contributed by atoms with Crippen molar-refractivity contribution < 1.29 is 0 Å². The number of halogens is 1. The predicted molar refractivity (Wildman–Crippen MR) is 78.1 cm³/mol. The van der Waals surface area contributed by atoms with Crippen LogP contribution in [0.25, 0.3) is 11.0 Å². The molecule has 0 saturated heterocycles. The van der Waals surface area contributed by atoms with Crippen molar-refractivity contribution in [2.24, 2.45) is 17.8 Å². The first kappa shape index (κ1) is 11.6. The van der Waals surface area contributed by atoms with E-state index in [-0.39, 0.29) is 0 Å². The number of aromatic nitrogens is 2. The number of rotatable bonds is 4. The van der Waals surface area contributed by atoms with E-state index >= 15 is 0 Å². The maximum atomic E-state index is 6.33. The maximum Gasteiger partial charge on any atom is 0.201 e. The standard InChI is InChI=1S/C15H18ClN3/c16-12-2-1-3-13-14(12)19(15(17)18-13)8-11(9-4-5-9)10-6-7-10/h1-3,9-11H,4-8H2,(H2,17,18). The second-order valence-corrected chi connectivity index (χ2v) is 6.43. The van der Waals surface area contributed by atoms with Gasteiger partial charge in [0, 0.05) is 6.54 Å². The third kappa shape index (κ3) is 2.00. The van der Waals surface area contributed by atoms with Gasteiger partial charge >= 0.3 is 0 Å². The van der Waals surface area contributed by atoms with E-state index in [4.69, 9.17) is 17.3 Å². The summed E-state index contributed by atoms with van der Waals surface area (Å²) in [5.41, 5.74) is 8.02. The van der Waals surface area contributed by atoms with Gasteiger partial charge in [-0.1, -0.05) is 17.7 Å². The van der Waals surface area contributed by atoms with Crippen LogP contribution in [0.3, 0.4) is 0 Å². The monoisotopic (exact) mass is 275 g/mol. The van der Waals surface area contributed by atoms with Gasteiger partial charge in [0.2, 0.25) is 5.95 Å². The molecule has 4 heteroatoms. The molecule has 2 fully saturated rings. The van der Waals surface area contributed by atoms with E-state index in [1.54, 1.807) is 0 Å². The molecule has 0 atom stereocenters. The van der Waals surface area contributed by atoms with Crippen molar-refractivity contribution in [3.63, 3.8) is 0 Å². The van der Waals surface area contributed by atoms with Gasteiger partial charge < -0.3 is 10.3 Å². The normalized spacial score (nSPS) is 19.5. The Morgan fingerprint density at radius 3 is 2.58 bits per heavy atom. The third-order valence-corrected chi connectivity index (χ3v) is 4.90.